The van der Waals surface area contributed by atoms with Crippen LogP contribution in [-0.2, 0) is 20.8 Å². The van der Waals surface area contributed by atoms with Crippen LogP contribution in [0.25, 0.3) is 0 Å². The highest BCUT2D eigenvalue weighted by atomic mass is 16.3. The lowest BCUT2D eigenvalue weighted by Gasteiger charge is -2.32. The topological polar surface area (TPSA) is 107 Å². The van der Waals surface area contributed by atoms with Crippen molar-refractivity contribution < 1.29 is 24.3 Å². The molecule has 4 aromatic rings. The summed E-state index contributed by atoms with van der Waals surface area (Å²) in [6.45, 7) is 0.310. The van der Waals surface area contributed by atoms with Gasteiger partial charge in [0.2, 0.25) is 11.8 Å². The number of aromatic hydroxyl groups is 1. The summed E-state index contributed by atoms with van der Waals surface area (Å²) in [6.07, 6.45) is 0.651. The molecule has 4 aromatic carbocycles. The number of Topliss-reactive ketones (excluding diaryl/α,β-unsaturated/α-hetero) is 1. The van der Waals surface area contributed by atoms with Gasteiger partial charge in [0, 0.05) is 25.1 Å². The van der Waals surface area contributed by atoms with Crippen LogP contribution in [0.5, 0.6) is 5.75 Å². The van der Waals surface area contributed by atoms with E-state index in [0.717, 1.165) is 16.7 Å². The summed E-state index contributed by atoms with van der Waals surface area (Å²) in [6, 6.07) is 33.1. The van der Waals surface area contributed by atoms with Crippen molar-refractivity contribution in [1.29, 1.82) is 0 Å². The number of benzene rings is 4. The maximum absolute atomic E-state index is 14.1. The zero-order valence-corrected chi connectivity index (χ0v) is 24.3. The molecule has 0 aliphatic carbocycles. The van der Waals surface area contributed by atoms with Crippen LogP contribution < -0.4 is 5.32 Å². The minimum Gasteiger partial charge on any atom is -0.508 e. The molecule has 1 aliphatic rings. The monoisotopic (exact) mass is 589 g/mol. The Hall–Kier alpha value is -5.24. The number of nitrogens with zero attached hydrogens (tertiary/aromatic N) is 2. The molecule has 8 heteroatoms. The van der Waals surface area contributed by atoms with Gasteiger partial charge in [-0.25, -0.2) is 0 Å². The summed E-state index contributed by atoms with van der Waals surface area (Å²) in [5.41, 5.74) is 2.83. The fourth-order valence-corrected chi connectivity index (χ4v) is 5.54. The second kappa shape index (κ2) is 14.3. The van der Waals surface area contributed by atoms with E-state index in [1.54, 1.807) is 36.4 Å². The average Bonchev–Trinajstić information content (AvgIpc) is 3.04. The van der Waals surface area contributed by atoms with Crippen molar-refractivity contribution in [2.45, 2.75) is 24.8 Å². The van der Waals surface area contributed by atoms with E-state index >= 15 is 0 Å². The van der Waals surface area contributed by atoms with Gasteiger partial charge in [-0.05, 0) is 47.4 Å². The quantitative estimate of drug-likeness (QED) is 0.321. The number of rotatable bonds is 8. The van der Waals surface area contributed by atoms with Gasteiger partial charge >= 0.3 is 0 Å². The molecule has 1 saturated heterocycles. The van der Waals surface area contributed by atoms with Crippen LogP contribution in [0.3, 0.4) is 0 Å². The largest absolute Gasteiger partial charge is 0.508 e. The summed E-state index contributed by atoms with van der Waals surface area (Å²) in [7, 11) is 0. The molecule has 1 unspecified atom stereocenters. The number of ketones is 1. The highest BCUT2D eigenvalue weighted by Gasteiger charge is 2.33. The van der Waals surface area contributed by atoms with Crippen molar-refractivity contribution in [2.75, 3.05) is 26.2 Å². The molecule has 8 nitrogen and oxygen atoms in total. The standard InChI is InChI=1S/C36H35N3O5/c40-30-19-17-26(18-20-30)23-32(37-34(42)33(27-11-4-1-5-12-27)28-13-6-2-7-14-28)36(44)39-22-10-21-38(24-31(41)25-39)35(43)29-15-8-3-9-16-29/h1-9,11-20,32-33,40H,10,21-25H2,(H,37,42). The van der Waals surface area contributed by atoms with E-state index in [-0.39, 0.29) is 55.3 Å². The summed E-state index contributed by atoms with van der Waals surface area (Å²) < 4.78 is 0. The van der Waals surface area contributed by atoms with Gasteiger partial charge in [0.25, 0.3) is 5.91 Å². The molecule has 3 amide bonds. The zero-order valence-electron chi connectivity index (χ0n) is 24.3. The molecule has 44 heavy (non-hydrogen) atoms. The third-order valence-corrected chi connectivity index (χ3v) is 7.73. The highest BCUT2D eigenvalue weighted by Crippen LogP contribution is 2.25. The first kappa shape index (κ1) is 30.2. The molecular weight excluding hydrogens is 554 g/mol. The number of hydrogen-bond acceptors (Lipinski definition) is 5. The van der Waals surface area contributed by atoms with E-state index in [2.05, 4.69) is 5.32 Å². The molecule has 0 bridgehead atoms. The van der Waals surface area contributed by atoms with Crippen LogP contribution in [-0.4, -0.2) is 70.6 Å². The Bertz CT molecular complexity index is 1540. The van der Waals surface area contributed by atoms with E-state index in [9.17, 15) is 24.3 Å². The Balaban J connectivity index is 1.37. The number of amides is 3. The SMILES string of the molecule is O=C1CN(C(=O)c2ccccc2)CCCN(C(=O)C(Cc2ccc(O)cc2)NC(=O)C(c2ccccc2)c2ccccc2)C1. The normalized spacial score (nSPS) is 14.4. The Morgan fingerprint density at radius 2 is 1.23 bits per heavy atom. The van der Waals surface area contributed by atoms with Gasteiger partial charge in [0.1, 0.15) is 11.8 Å². The molecule has 0 saturated carbocycles. The number of carbonyl (C=O) groups excluding carboxylic acids is 4. The van der Waals surface area contributed by atoms with Crippen molar-refractivity contribution in [2.24, 2.45) is 0 Å². The van der Waals surface area contributed by atoms with E-state index in [4.69, 9.17) is 0 Å². The fourth-order valence-electron chi connectivity index (χ4n) is 5.54. The molecule has 0 radical (unpaired) electrons. The maximum atomic E-state index is 14.1. The van der Waals surface area contributed by atoms with Gasteiger partial charge in [0.15, 0.2) is 5.78 Å². The minimum atomic E-state index is -0.962. The maximum Gasteiger partial charge on any atom is 0.254 e. The molecular formula is C36H35N3O5. The molecule has 5 rings (SSSR count). The van der Waals surface area contributed by atoms with E-state index in [1.165, 1.54) is 21.9 Å². The van der Waals surface area contributed by atoms with Crippen LogP contribution in [0.2, 0.25) is 0 Å². The number of phenolic OH excluding ortho intramolecular Hbond substituents is 1. The van der Waals surface area contributed by atoms with Gasteiger partial charge in [-0.1, -0.05) is 91.0 Å². The first-order valence-electron chi connectivity index (χ1n) is 14.7. The highest BCUT2D eigenvalue weighted by molar-refractivity contribution is 5.98. The van der Waals surface area contributed by atoms with Crippen molar-refractivity contribution in [1.82, 2.24) is 15.1 Å². The van der Waals surface area contributed by atoms with Crippen molar-refractivity contribution in [3.05, 3.63) is 138 Å². The Labute approximate surface area is 256 Å². The van der Waals surface area contributed by atoms with Gasteiger partial charge < -0.3 is 20.2 Å². The van der Waals surface area contributed by atoms with Crippen LogP contribution >= 0.6 is 0 Å². The van der Waals surface area contributed by atoms with Gasteiger partial charge in [-0.15, -0.1) is 0 Å². The predicted octanol–water partition coefficient (Wildman–Crippen LogP) is 4.20. The van der Waals surface area contributed by atoms with E-state index in [1.807, 2.05) is 66.7 Å². The number of hydrogen-bond donors (Lipinski definition) is 2. The average molecular weight is 590 g/mol. The van der Waals surface area contributed by atoms with Crippen molar-refractivity contribution >= 4 is 23.5 Å². The molecule has 1 atom stereocenters. The smallest absolute Gasteiger partial charge is 0.254 e. The lowest BCUT2D eigenvalue weighted by Crippen LogP contribution is -2.54. The first-order chi connectivity index (χ1) is 21.4. The van der Waals surface area contributed by atoms with Crippen LogP contribution in [0.1, 0.15) is 39.4 Å². The number of carbonyl (C=O) groups is 4. The summed E-state index contributed by atoms with van der Waals surface area (Å²) >= 11 is 0. The van der Waals surface area contributed by atoms with Gasteiger partial charge in [-0.2, -0.15) is 0 Å². The number of phenols is 1. The van der Waals surface area contributed by atoms with Gasteiger partial charge in [-0.3, -0.25) is 19.2 Å². The lowest BCUT2D eigenvalue weighted by molar-refractivity contribution is -0.139. The summed E-state index contributed by atoms with van der Waals surface area (Å²) in [4.78, 5) is 57.2. The second-order valence-corrected chi connectivity index (χ2v) is 10.9. The lowest BCUT2D eigenvalue weighted by atomic mass is 9.90. The minimum absolute atomic E-state index is 0.0952. The fraction of sp³-hybridized carbons (Fsp3) is 0.222. The zero-order chi connectivity index (χ0) is 30.9. The van der Waals surface area contributed by atoms with Crippen molar-refractivity contribution in [3.8, 4) is 5.75 Å². The molecule has 1 fully saturated rings. The van der Waals surface area contributed by atoms with Crippen LogP contribution in [0.4, 0.5) is 0 Å². The molecule has 0 aromatic heterocycles. The number of nitrogens with one attached hydrogen (secondary N) is 1. The van der Waals surface area contributed by atoms with Crippen LogP contribution in [0, 0.1) is 0 Å². The van der Waals surface area contributed by atoms with E-state index in [0.29, 0.717) is 18.5 Å². The molecule has 2 N–H and O–H groups in total. The molecule has 0 spiro atoms. The second-order valence-electron chi connectivity index (χ2n) is 10.9. The molecule has 1 heterocycles. The molecule has 224 valence electrons. The third-order valence-electron chi connectivity index (χ3n) is 7.73. The Morgan fingerprint density at radius 3 is 1.82 bits per heavy atom. The summed E-state index contributed by atoms with van der Waals surface area (Å²) in [5.74, 6) is -1.75. The Morgan fingerprint density at radius 1 is 0.705 bits per heavy atom. The predicted molar refractivity (Wildman–Crippen MR) is 167 cm³/mol. The summed E-state index contributed by atoms with van der Waals surface area (Å²) in [5, 5.41) is 12.8. The third kappa shape index (κ3) is 7.58. The van der Waals surface area contributed by atoms with Crippen LogP contribution in [0.15, 0.2) is 115 Å². The van der Waals surface area contributed by atoms with Gasteiger partial charge in [0.05, 0.1) is 19.0 Å². The Kier molecular flexibility index (Phi) is 9.81. The first-order valence-corrected chi connectivity index (χ1v) is 14.7. The molecule has 1 aliphatic heterocycles. The van der Waals surface area contributed by atoms with Crippen molar-refractivity contribution in [3.63, 3.8) is 0 Å². The van der Waals surface area contributed by atoms with E-state index < -0.39 is 12.0 Å².